The van der Waals surface area contributed by atoms with Crippen LogP contribution in [0.4, 0.5) is 0 Å². The fourth-order valence-electron chi connectivity index (χ4n) is 1.98. The Balaban J connectivity index is 1.74. The van der Waals surface area contributed by atoms with Gasteiger partial charge in [0.25, 0.3) is 0 Å². The van der Waals surface area contributed by atoms with Crippen LogP contribution < -0.4 is 4.74 Å². The number of esters is 1. The molecule has 2 aromatic carbocycles. The van der Waals surface area contributed by atoms with E-state index in [4.69, 9.17) is 9.47 Å². The van der Waals surface area contributed by atoms with Crippen LogP contribution in [0.2, 0.25) is 0 Å². The van der Waals surface area contributed by atoms with Gasteiger partial charge in [0, 0.05) is 30.3 Å². The normalized spacial score (nSPS) is 10.5. The fraction of sp³-hybridized carbons (Fsp3) is 0.316. The van der Waals surface area contributed by atoms with Gasteiger partial charge in [-0.25, -0.2) is 0 Å². The van der Waals surface area contributed by atoms with Crippen molar-refractivity contribution in [2.75, 3.05) is 13.2 Å². The van der Waals surface area contributed by atoms with Gasteiger partial charge in [-0.15, -0.1) is 11.8 Å². The molecule has 0 saturated carbocycles. The lowest BCUT2D eigenvalue weighted by Crippen LogP contribution is -2.09. The summed E-state index contributed by atoms with van der Waals surface area (Å²) in [4.78, 5) is 12.9. The Morgan fingerprint density at radius 2 is 1.78 bits per heavy atom. The molecule has 0 saturated heterocycles. The Bertz CT molecular complexity index is 581. The Morgan fingerprint density at radius 3 is 2.48 bits per heavy atom. The monoisotopic (exact) mass is 330 g/mol. The van der Waals surface area contributed by atoms with Crippen molar-refractivity contribution in [3.05, 3.63) is 60.2 Å². The van der Waals surface area contributed by atoms with Crippen LogP contribution in [0.15, 0.2) is 59.5 Å². The van der Waals surface area contributed by atoms with Gasteiger partial charge in [-0.1, -0.05) is 30.3 Å². The van der Waals surface area contributed by atoms with Gasteiger partial charge in [-0.05, 0) is 43.2 Å². The van der Waals surface area contributed by atoms with Gasteiger partial charge < -0.3 is 9.47 Å². The van der Waals surface area contributed by atoms with Gasteiger partial charge in [-0.2, -0.15) is 0 Å². The number of carbonyl (C=O) groups excluding carboxylic acids is 1. The zero-order valence-corrected chi connectivity index (χ0v) is 14.2. The molecule has 0 amide bonds. The van der Waals surface area contributed by atoms with Crippen molar-refractivity contribution in [3.8, 4) is 5.75 Å². The minimum Gasteiger partial charge on any atom is -0.427 e. The van der Waals surface area contributed by atoms with Crippen molar-refractivity contribution >= 4 is 17.7 Å². The Kier molecular flexibility index (Phi) is 7.70. The maximum atomic E-state index is 11.7. The van der Waals surface area contributed by atoms with Crippen molar-refractivity contribution < 1.29 is 14.3 Å². The summed E-state index contributed by atoms with van der Waals surface area (Å²) < 4.78 is 10.5. The molecule has 0 heterocycles. The van der Waals surface area contributed by atoms with Crippen molar-refractivity contribution in [2.45, 2.75) is 30.4 Å². The third-order valence-electron chi connectivity index (χ3n) is 3.18. The minimum absolute atomic E-state index is 0.212. The number of hydrogen-bond donors (Lipinski definition) is 0. The van der Waals surface area contributed by atoms with Crippen LogP contribution in [-0.2, 0) is 15.3 Å². The molecule has 0 aliphatic carbocycles. The molecular formula is C19H22O3S. The first-order valence-corrected chi connectivity index (χ1v) is 8.81. The van der Waals surface area contributed by atoms with Crippen LogP contribution in [0.3, 0.4) is 0 Å². The van der Waals surface area contributed by atoms with Crippen LogP contribution in [0.25, 0.3) is 0 Å². The van der Waals surface area contributed by atoms with Gasteiger partial charge in [0.15, 0.2) is 0 Å². The average molecular weight is 330 g/mol. The molecule has 0 bridgehead atoms. The second-order valence-electron chi connectivity index (χ2n) is 5.02. The second kappa shape index (κ2) is 10.1. The first-order valence-electron chi connectivity index (χ1n) is 7.83. The van der Waals surface area contributed by atoms with Gasteiger partial charge >= 0.3 is 5.97 Å². The smallest absolute Gasteiger partial charge is 0.311 e. The van der Waals surface area contributed by atoms with E-state index in [2.05, 4.69) is 12.1 Å². The van der Waals surface area contributed by atoms with Crippen LogP contribution in [0, 0.1) is 0 Å². The quantitative estimate of drug-likeness (QED) is 0.289. The van der Waals surface area contributed by atoms with Crippen molar-refractivity contribution in [3.63, 3.8) is 0 Å². The predicted molar refractivity (Wildman–Crippen MR) is 93.8 cm³/mol. The fourth-order valence-corrected chi connectivity index (χ4v) is 2.86. The summed E-state index contributed by atoms with van der Waals surface area (Å²) in [7, 11) is 0. The number of ether oxygens (including phenoxy) is 2. The van der Waals surface area contributed by atoms with Crippen LogP contribution in [0.1, 0.15) is 25.3 Å². The van der Waals surface area contributed by atoms with Crippen molar-refractivity contribution in [1.82, 2.24) is 0 Å². The van der Waals surface area contributed by atoms with E-state index in [-0.39, 0.29) is 5.97 Å². The molecule has 0 aromatic heterocycles. The first-order chi connectivity index (χ1) is 11.3. The van der Waals surface area contributed by atoms with Crippen molar-refractivity contribution in [1.29, 1.82) is 0 Å². The molecule has 122 valence electrons. The number of rotatable bonds is 9. The Labute approximate surface area is 142 Å². The van der Waals surface area contributed by atoms with E-state index in [9.17, 15) is 4.79 Å². The lowest BCUT2D eigenvalue weighted by molar-refractivity contribution is -0.134. The molecule has 3 nitrogen and oxygen atoms in total. The zero-order valence-electron chi connectivity index (χ0n) is 13.4. The minimum atomic E-state index is -0.212. The van der Waals surface area contributed by atoms with Gasteiger partial charge in [0.05, 0.1) is 0 Å². The average Bonchev–Trinajstić information content (AvgIpc) is 2.59. The van der Waals surface area contributed by atoms with E-state index >= 15 is 0 Å². The molecule has 0 radical (unpaired) electrons. The second-order valence-corrected chi connectivity index (χ2v) is 6.07. The molecule has 0 fully saturated rings. The van der Waals surface area contributed by atoms with E-state index in [1.165, 1.54) is 10.5 Å². The number of benzene rings is 2. The van der Waals surface area contributed by atoms with Crippen LogP contribution >= 0.6 is 11.8 Å². The van der Waals surface area contributed by atoms with Gasteiger partial charge in [0.2, 0.25) is 0 Å². The summed E-state index contributed by atoms with van der Waals surface area (Å²) in [6.45, 7) is 3.22. The zero-order chi connectivity index (χ0) is 16.3. The largest absolute Gasteiger partial charge is 0.427 e. The molecule has 0 spiro atoms. The molecule has 0 aliphatic rings. The number of hydrogen-bond acceptors (Lipinski definition) is 4. The highest BCUT2D eigenvalue weighted by atomic mass is 32.2. The van der Waals surface area contributed by atoms with Gasteiger partial charge in [0.1, 0.15) is 5.75 Å². The highest BCUT2D eigenvalue weighted by molar-refractivity contribution is 7.98. The molecule has 4 heteroatoms. The molecule has 2 rings (SSSR count). The molecule has 0 aliphatic heterocycles. The number of thioether (sulfide) groups is 1. The third kappa shape index (κ3) is 6.89. The Hall–Kier alpha value is -1.78. The summed E-state index contributed by atoms with van der Waals surface area (Å²) in [6, 6.07) is 18.0. The summed E-state index contributed by atoms with van der Waals surface area (Å²) in [6.07, 6.45) is 1.07. The highest BCUT2D eigenvalue weighted by Gasteiger charge is 2.05. The first kappa shape index (κ1) is 17.6. The molecule has 2 aromatic rings. The Morgan fingerprint density at radius 1 is 1.04 bits per heavy atom. The van der Waals surface area contributed by atoms with Crippen molar-refractivity contribution in [2.24, 2.45) is 0 Å². The maximum absolute atomic E-state index is 11.7. The standard InChI is InChI=1S/C19H22O3S/c1-2-21-14-6-9-19(20)22-17-12-10-16(11-13-17)15-23-18-7-4-3-5-8-18/h3-5,7-8,10-13H,2,6,9,14-15H2,1H3. The summed E-state index contributed by atoms with van der Waals surface area (Å²) in [5, 5.41) is 0. The van der Waals surface area contributed by atoms with Gasteiger partial charge in [-0.3, -0.25) is 4.79 Å². The molecule has 0 unspecified atom stereocenters. The number of carbonyl (C=O) groups is 1. The van der Waals surface area contributed by atoms with E-state index in [0.717, 1.165) is 5.75 Å². The SMILES string of the molecule is CCOCCCC(=O)Oc1ccc(CSc2ccccc2)cc1. The predicted octanol–water partition coefficient (Wildman–Crippen LogP) is 4.70. The molecule has 0 N–H and O–H groups in total. The van der Waals surface area contributed by atoms with E-state index in [1.54, 1.807) is 11.8 Å². The maximum Gasteiger partial charge on any atom is 0.311 e. The molecule has 0 atom stereocenters. The van der Waals surface area contributed by atoms with Crippen LogP contribution in [0.5, 0.6) is 5.75 Å². The van der Waals surface area contributed by atoms with E-state index in [0.29, 0.717) is 31.8 Å². The summed E-state index contributed by atoms with van der Waals surface area (Å²) >= 11 is 1.79. The summed E-state index contributed by atoms with van der Waals surface area (Å²) in [5.74, 6) is 1.28. The summed E-state index contributed by atoms with van der Waals surface area (Å²) in [5.41, 5.74) is 1.20. The highest BCUT2D eigenvalue weighted by Crippen LogP contribution is 2.23. The van der Waals surface area contributed by atoms with Crippen LogP contribution in [-0.4, -0.2) is 19.2 Å². The lowest BCUT2D eigenvalue weighted by atomic mass is 10.2. The third-order valence-corrected chi connectivity index (χ3v) is 4.26. The van der Waals surface area contributed by atoms with E-state index < -0.39 is 0 Å². The lowest BCUT2D eigenvalue weighted by Gasteiger charge is -2.06. The molecular weight excluding hydrogens is 308 g/mol. The van der Waals surface area contributed by atoms with E-state index in [1.807, 2.05) is 49.4 Å². The molecule has 23 heavy (non-hydrogen) atoms. The topological polar surface area (TPSA) is 35.5 Å².